The van der Waals surface area contributed by atoms with E-state index in [1.54, 1.807) is 0 Å². The molecular formula is C21H20N2. The first-order valence-corrected chi connectivity index (χ1v) is 8.04. The quantitative estimate of drug-likeness (QED) is 0.520. The molecule has 0 saturated heterocycles. The smallest absolute Gasteiger partial charge is 0.144 e. The van der Waals surface area contributed by atoms with Crippen LogP contribution in [0.3, 0.4) is 0 Å². The van der Waals surface area contributed by atoms with Crippen molar-refractivity contribution >= 4 is 16.4 Å². The van der Waals surface area contributed by atoms with Crippen molar-refractivity contribution in [3.63, 3.8) is 0 Å². The van der Waals surface area contributed by atoms with Crippen LogP contribution in [0.25, 0.3) is 16.4 Å². The van der Waals surface area contributed by atoms with E-state index in [4.69, 9.17) is 0 Å². The normalized spacial score (nSPS) is 12.1. The van der Waals surface area contributed by atoms with Gasteiger partial charge in [-0.25, -0.2) is 4.98 Å². The van der Waals surface area contributed by atoms with E-state index >= 15 is 0 Å². The summed E-state index contributed by atoms with van der Waals surface area (Å²) in [4.78, 5) is 4.59. The van der Waals surface area contributed by atoms with Crippen molar-refractivity contribution in [2.75, 3.05) is 0 Å². The zero-order chi connectivity index (χ0) is 15.9. The molecule has 0 radical (unpaired) electrons. The molecule has 0 amide bonds. The van der Waals surface area contributed by atoms with Gasteiger partial charge in [0.2, 0.25) is 0 Å². The molecule has 0 aliphatic heterocycles. The summed E-state index contributed by atoms with van der Waals surface area (Å²) in [6.07, 6.45) is 4.97. The number of rotatable bonds is 3. The van der Waals surface area contributed by atoms with Crippen molar-refractivity contribution in [2.24, 2.45) is 0 Å². The van der Waals surface area contributed by atoms with E-state index in [0.717, 1.165) is 12.1 Å². The average molecular weight is 300 g/mol. The Bertz CT molecular complexity index is 965. The number of hydrogen-bond donors (Lipinski definition) is 0. The number of hydrogen-bond acceptors (Lipinski definition) is 1. The summed E-state index contributed by atoms with van der Waals surface area (Å²) in [5.41, 5.74) is 3.72. The van der Waals surface area contributed by atoms with E-state index in [1.165, 1.54) is 22.0 Å². The summed E-state index contributed by atoms with van der Waals surface area (Å²) < 4.78 is 2.24. The molecule has 2 aromatic carbocycles. The minimum Gasteiger partial charge on any atom is -0.303 e. The highest BCUT2D eigenvalue weighted by atomic mass is 15.0. The van der Waals surface area contributed by atoms with Crippen molar-refractivity contribution in [3.8, 4) is 0 Å². The molecule has 2 heterocycles. The van der Waals surface area contributed by atoms with Crippen LogP contribution in [0.4, 0.5) is 0 Å². The van der Waals surface area contributed by atoms with E-state index in [0.29, 0.717) is 0 Å². The van der Waals surface area contributed by atoms with Crippen LogP contribution in [0.5, 0.6) is 0 Å². The molecule has 0 fully saturated rings. The first-order valence-electron chi connectivity index (χ1n) is 8.04. The number of pyridine rings is 1. The van der Waals surface area contributed by atoms with Gasteiger partial charge in [0, 0.05) is 28.9 Å². The Morgan fingerprint density at radius 3 is 2.52 bits per heavy atom. The zero-order valence-electron chi connectivity index (χ0n) is 13.5. The largest absolute Gasteiger partial charge is 0.303 e. The van der Waals surface area contributed by atoms with Crippen molar-refractivity contribution in [2.45, 2.75) is 25.7 Å². The average Bonchev–Trinajstić information content (AvgIpc) is 3.04. The molecule has 0 N–H and O–H groups in total. The molecule has 0 unspecified atom stereocenters. The Morgan fingerprint density at radius 1 is 0.957 bits per heavy atom. The Kier molecular flexibility index (Phi) is 3.19. The lowest BCUT2D eigenvalue weighted by atomic mass is 9.81. The van der Waals surface area contributed by atoms with Crippen LogP contribution in [0.15, 0.2) is 73.1 Å². The monoisotopic (exact) mass is 300 g/mol. The lowest BCUT2D eigenvalue weighted by Gasteiger charge is -2.27. The lowest BCUT2D eigenvalue weighted by Crippen LogP contribution is -2.23. The van der Waals surface area contributed by atoms with Gasteiger partial charge in [-0.15, -0.1) is 0 Å². The van der Waals surface area contributed by atoms with Crippen molar-refractivity contribution < 1.29 is 0 Å². The molecule has 0 atom stereocenters. The molecule has 4 aromatic rings. The summed E-state index contributed by atoms with van der Waals surface area (Å²) in [6, 6.07) is 21.5. The molecule has 2 aromatic heterocycles. The Labute approximate surface area is 136 Å². The SMILES string of the molecule is CC(C)(Cc1ccccc1)c1cc2ccccc2c2nccn12. The first kappa shape index (κ1) is 14.0. The maximum atomic E-state index is 4.59. The lowest BCUT2D eigenvalue weighted by molar-refractivity contribution is 0.500. The second-order valence-corrected chi connectivity index (χ2v) is 6.78. The predicted octanol–water partition coefficient (Wildman–Crippen LogP) is 5.01. The van der Waals surface area contributed by atoms with Gasteiger partial charge in [-0.05, 0) is 23.4 Å². The first-order chi connectivity index (χ1) is 11.1. The van der Waals surface area contributed by atoms with Gasteiger partial charge in [0.05, 0.1) is 0 Å². The Hall–Kier alpha value is -2.61. The maximum absolute atomic E-state index is 4.59. The van der Waals surface area contributed by atoms with Crippen LogP contribution < -0.4 is 0 Å². The van der Waals surface area contributed by atoms with Gasteiger partial charge >= 0.3 is 0 Å². The summed E-state index contributed by atoms with van der Waals surface area (Å²) in [5.74, 6) is 0. The molecule has 2 heteroatoms. The summed E-state index contributed by atoms with van der Waals surface area (Å²) in [5, 5.41) is 2.46. The fourth-order valence-corrected chi connectivity index (χ4v) is 3.46. The number of nitrogens with zero attached hydrogens (tertiary/aromatic N) is 2. The topological polar surface area (TPSA) is 17.3 Å². The fraction of sp³-hybridized carbons (Fsp3) is 0.190. The highest BCUT2D eigenvalue weighted by molar-refractivity contribution is 5.94. The molecular weight excluding hydrogens is 280 g/mol. The van der Waals surface area contributed by atoms with Gasteiger partial charge in [0.25, 0.3) is 0 Å². The molecule has 114 valence electrons. The van der Waals surface area contributed by atoms with E-state index < -0.39 is 0 Å². The van der Waals surface area contributed by atoms with Crippen LogP contribution in [-0.4, -0.2) is 9.38 Å². The minimum atomic E-state index is 0.0182. The Morgan fingerprint density at radius 2 is 1.70 bits per heavy atom. The maximum Gasteiger partial charge on any atom is 0.144 e. The second-order valence-electron chi connectivity index (χ2n) is 6.78. The van der Waals surface area contributed by atoms with Crippen molar-refractivity contribution in [1.82, 2.24) is 9.38 Å². The third kappa shape index (κ3) is 2.40. The highest BCUT2D eigenvalue weighted by Gasteiger charge is 2.25. The number of imidazole rings is 1. The zero-order valence-corrected chi connectivity index (χ0v) is 13.5. The van der Waals surface area contributed by atoms with Crippen molar-refractivity contribution in [1.29, 1.82) is 0 Å². The number of aromatic nitrogens is 2. The highest BCUT2D eigenvalue weighted by Crippen LogP contribution is 2.31. The van der Waals surface area contributed by atoms with Crippen LogP contribution >= 0.6 is 0 Å². The summed E-state index contributed by atoms with van der Waals surface area (Å²) >= 11 is 0. The molecule has 2 nitrogen and oxygen atoms in total. The molecule has 0 aliphatic carbocycles. The third-order valence-electron chi connectivity index (χ3n) is 4.58. The summed E-state index contributed by atoms with van der Waals surface area (Å²) in [7, 11) is 0. The van der Waals surface area contributed by atoms with Gasteiger partial charge < -0.3 is 4.40 Å². The van der Waals surface area contributed by atoms with E-state index in [1.807, 2.05) is 6.20 Å². The van der Waals surface area contributed by atoms with Crippen LogP contribution in [0, 0.1) is 0 Å². The molecule has 4 rings (SSSR count). The van der Waals surface area contributed by atoms with E-state index in [9.17, 15) is 0 Å². The standard InChI is InChI=1S/C21H20N2/c1-21(2,15-16-8-4-3-5-9-16)19-14-17-10-6-7-11-18(17)20-22-12-13-23(19)20/h3-14H,15H2,1-2H3. The second kappa shape index (κ2) is 5.24. The van der Waals surface area contributed by atoms with Gasteiger partial charge in [-0.1, -0.05) is 68.4 Å². The van der Waals surface area contributed by atoms with Crippen molar-refractivity contribution in [3.05, 3.63) is 84.3 Å². The van der Waals surface area contributed by atoms with E-state index in [2.05, 4.69) is 90.1 Å². The molecule has 0 saturated carbocycles. The van der Waals surface area contributed by atoms with E-state index in [-0.39, 0.29) is 5.41 Å². The number of benzene rings is 2. The van der Waals surface area contributed by atoms with Crippen LogP contribution in [0.1, 0.15) is 25.1 Å². The van der Waals surface area contributed by atoms with Crippen LogP contribution in [-0.2, 0) is 11.8 Å². The minimum absolute atomic E-state index is 0.0182. The van der Waals surface area contributed by atoms with Crippen LogP contribution in [0.2, 0.25) is 0 Å². The Balaban J connectivity index is 1.90. The van der Waals surface area contributed by atoms with Gasteiger partial charge in [-0.2, -0.15) is 0 Å². The summed E-state index contributed by atoms with van der Waals surface area (Å²) in [6.45, 7) is 4.62. The third-order valence-corrected chi connectivity index (χ3v) is 4.58. The van der Waals surface area contributed by atoms with Gasteiger partial charge in [0.1, 0.15) is 5.65 Å². The predicted molar refractivity (Wildman–Crippen MR) is 95.9 cm³/mol. The molecule has 0 bridgehead atoms. The van der Waals surface area contributed by atoms with Gasteiger partial charge in [-0.3, -0.25) is 0 Å². The molecule has 0 aliphatic rings. The fourth-order valence-electron chi connectivity index (χ4n) is 3.46. The van der Waals surface area contributed by atoms with Gasteiger partial charge in [0.15, 0.2) is 0 Å². The molecule has 0 spiro atoms. The number of fused-ring (bicyclic) bond motifs is 3. The molecule has 23 heavy (non-hydrogen) atoms.